The Labute approximate surface area is 151 Å². The predicted octanol–water partition coefficient (Wildman–Crippen LogP) is 1.81. The highest BCUT2D eigenvalue weighted by molar-refractivity contribution is 7.92. The molecule has 1 fully saturated rings. The van der Waals surface area contributed by atoms with Crippen molar-refractivity contribution in [1.29, 1.82) is 0 Å². The van der Waals surface area contributed by atoms with Crippen molar-refractivity contribution < 1.29 is 13.2 Å². The summed E-state index contributed by atoms with van der Waals surface area (Å²) in [7, 11) is -1.38. The van der Waals surface area contributed by atoms with E-state index in [1.165, 1.54) is 0 Å². The molecule has 1 saturated heterocycles. The van der Waals surface area contributed by atoms with Crippen molar-refractivity contribution in [2.45, 2.75) is 38.7 Å². The standard InChI is InChI=1S/C18H29N3O3S/c1-5-19-17(21-10-11-25(22,23)18(2,3)14-21)20-12-15-8-6-7-9-16(15)13-24-4/h6-9H,5,10-14H2,1-4H3,(H,19,20). The third-order valence-electron chi connectivity index (χ3n) is 4.50. The first-order chi connectivity index (χ1) is 11.8. The molecule has 2 rings (SSSR count). The van der Waals surface area contributed by atoms with Gasteiger partial charge in [-0.3, -0.25) is 0 Å². The number of aliphatic imine (C=N–C) groups is 1. The van der Waals surface area contributed by atoms with Crippen LogP contribution in [0.25, 0.3) is 0 Å². The Balaban J connectivity index is 2.20. The van der Waals surface area contributed by atoms with Crippen LogP contribution in [0.1, 0.15) is 31.9 Å². The maximum atomic E-state index is 12.2. The monoisotopic (exact) mass is 367 g/mol. The molecule has 1 aliphatic rings. The number of sulfone groups is 1. The predicted molar refractivity (Wildman–Crippen MR) is 101 cm³/mol. The molecule has 0 atom stereocenters. The van der Waals surface area contributed by atoms with E-state index < -0.39 is 14.6 Å². The summed E-state index contributed by atoms with van der Waals surface area (Å²) in [5.74, 6) is 0.919. The lowest BCUT2D eigenvalue weighted by molar-refractivity contribution is 0.184. The molecule has 6 nitrogen and oxygen atoms in total. The van der Waals surface area contributed by atoms with Crippen molar-refractivity contribution in [2.24, 2.45) is 4.99 Å². The number of ether oxygens (including phenoxy) is 1. The van der Waals surface area contributed by atoms with Gasteiger partial charge in [-0.2, -0.15) is 0 Å². The van der Waals surface area contributed by atoms with Gasteiger partial charge in [0, 0.05) is 26.7 Å². The van der Waals surface area contributed by atoms with E-state index in [0.29, 0.717) is 26.2 Å². The van der Waals surface area contributed by atoms with Gasteiger partial charge in [0.25, 0.3) is 0 Å². The molecule has 1 aromatic rings. The van der Waals surface area contributed by atoms with E-state index in [9.17, 15) is 8.42 Å². The third-order valence-corrected chi connectivity index (χ3v) is 7.03. The van der Waals surface area contributed by atoms with Gasteiger partial charge in [-0.15, -0.1) is 0 Å². The van der Waals surface area contributed by atoms with Crippen LogP contribution in [0.5, 0.6) is 0 Å². The first-order valence-corrected chi connectivity index (χ1v) is 10.3. The zero-order valence-electron chi connectivity index (χ0n) is 15.6. The van der Waals surface area contributed by atoms with Crippen LogP contribution in [0, 0.1) is 0 Å². The summed E-state index contributed by atoms with van der Waals surface area (Å²) >= 11 is 0. The summed E-state index contributed by atoms with van der Waals surface area (Å²) < 4.78 is 28.9. The normalized spacial score (nSPS) is 19.7. The molecule has 1 heterocycles. The van der Waals surface area contributed by atoms with Gasteiger partial charge in [-0.05, 0) is 31.9 Å². The van der Waals surface area contributed by atoms with E-state index in [1.807, 2.05) is 36.1 Å². The largest absolute Gasteiger partial charge is 0.380 e. The fraction of sp³-hybridized carbons (Fsp3) is 0.611. The van der Waals surface area contributed by atoms with Crippen LogP contribution in [-0.4, -0.2) is 56.5 Å². The lowest BCUT2D eigenvalue weighted by Crippen LogP contribution is -2.57. The molecule has 0 radical (unpaired) electrons. The van der Waals surface area contributed by atoms with E-state index >= 15 is 0 Å². The first-order valence-electron chi connectivity index (χ1n) is 8.62. The Morgan fingerprint density at radius 2 is 2.00 bits per heavy atom. The molecule has 1 aliphatic heterocycles. The molecule has 0 unspecified atom stereocenters. The quantitative estimate of drug-likeness (QED) is 0.635. The van der Waals surface area contributed by atoms with Gasteiger partial charge < -0.3 is 15.0 Å². The average molecular weight is 368 g/mol. The number of methoxy groups -OCH3 is 1. The van der Waals surface area contributed by atoms with Gasteiger partial charge in [0.15, 0.2) is 15.8 Å². The highest BCUT2D eigenvalue weighted by Crippen LogP contribution is 2.24. The van der Waals surface area contributed by atoms with Gasteiger partial charge in [0.05, 0.1) is 23.7 Å². The Bertz CT molecular complexity index is 714. The summed E-state index contributed by atoms with van der Waals surface area (Å²) in [6.45, 7) is 8.32. The Morgan fingerprint density at radius 1 is 1.32 bits per heavy atom. The molecule has 0 bridgehead atoms. The maximum absolute atomic E-state index is 12.2. The molecule has 25 heavy (non-hydrogen) atoms. The molecule has 0 spiro atoms. The highest BCUT2D eigenvalue weighted by atomic mass is 32.2. The number of nitrogens with zero attached hydrogens (tertiary/aromatic N) is 2. The SMILES string of the molecule is CCNC(=NCc1ccccc1COC)N1CCS(=O)(=O)C(C)(C)C1. The van der Waals surface area contributed by atoms with Crippen LogP contribution >= 0.6 is 0 Å². The summed E-state index contributed by atoms with van der Waals surface area (Å²) in [5, 5.41) is 3.29. The number of rotatable bonds is 5. The van der Waals surface area contributed by atoms with Crippen molar-refractivity contribution in [1.82, 2.24) is 10.2 Å². The molecule has 0 aliphatic carbocycles. The van der Waals surface area contributed by atoms with Crippen molar-refractivity contribution in [3.63, 3.8) is 0 Å². The molecule has 140 valence electrons. The minimum atomic E-state index is -3.06. The summed E-state index contributed by atoms with van der Waals surface area (Å²) in [6, 6.07) is 8.07. The minimum absolute atomic E-state index is 0.157. The minimum Gasteiger partial charge on any atom is -0.380 e. The zero-order valence-corrected chi connectivity index (χ0v) is 16.4. The second-order valence-electron chi connectivity index (χ2n) is 6.87. The molecule has 0 amide bonds. The summed E-state index contributed by atoms with van der Waals surface area (Å²) in [4.78, 5) is 6.79. The third kappa shape index (κ3) is 4.73. The fourth-order valence-corrected chi connectivity index (χ4v) is 4.28. The smallest absolute Gasteiger partial charge is 0.194 e. The van der Waals surface area contributed by atoms with Gasteiger partial charge in [0.2, 0.25) is 0 Å². The van der Waals surface area contributed by atoms with Crippen LogP contribution in [0.4, 0.5) is 0 Å². The van der Waals surface area contributed by atoms with Gasteiger partial charge in [-0.1, -0.05) is 24.3 Å². The van der Waals surface area contributed by atoms with Gasteiger partial charge in [-0.25, -0.2) is 13.4 Å². The molecule has 1 aromatic carbocycles. The molecule has 0 saturated carbocycles. The molecule has 1 N–H and O–H groups in total. The Hall–Kier alpha value is -1.60. The van der Waals surface area contributed by atoms with Crippen LogP contribution < -0.4 is 5.32 Å². The van der Waals surface area contributed by atoms with E-state index in [2.05, 4.69) is 5.32 Å². The van der Waals surface area contributed by atoms with Crippen LogP contribution in [-0.2, 0) is 27.7 Å². The second-order valence-corrected chi connectivity index (χ2v) is 9.61. The van der Waals surface area contributed by atoms with E-state index in [4.69, 9.17) is 9.73 Å². The Kier molecular flexibility index (Phi) is 6.46. The van der Waals surface area contributed by atoms with E-state index in [0.717, 1.165) is 23.6 Å². The second kappa shape index (κ2) is 8.19. The van der Waals surface area contributed by atoms with E-state index in [1.54, 1.807) is 21.0 Å². The van der Waals surface area contributed by atoms with Crippen molar-refractivity contribution in [2.75, 3.05) is 32.5 Å². The number of hydrogen-bond acceptors (Lipinski definition) is 4. The fourth-order valence-electron chi connectivity index (χ4n) is 2.92. The molecule has 0 aromatic heterocycles. The van der Waals surface area contributed by atoms with Crippen LogP contribution in [0.3, 0.4) is 0 Å². The molecular formula is C18H29N3O3S. The van der Waals surface area contributed by atoms with Crippen LogP contribution in [0.15, 0.2) is 29.3 Å². The zero-order chi connectivity index (χ0) is 18.5. The number of benzene rings is 1. The average Bonchev–Trinajstić information content (AvgIpc) is 2.56. The van der Waals surface area contributed by atoms with Gasteiger partial charge >= 0.3 is 0 Å². The lowest BCUT2D eigenvalue weighted by atomic mass is 10.1. The molecular weight excluding hydrogens is 338 g/mol. The Morgan fingerprint density at radius 3 is 2.60 bits per heavy atom. The summed E-state index contributed by atoms with van der Waals surface area (Å²) in [5.41, 5.74) is 2.23. The first kappa shape index (κ1) is 19.7. The maximum Gasteiger partial charge on any atom is 0.194 e. The number of guanidine groups is 1. The molecule has 7 heteroatoms. The number of nitrogens with one attached hydrogen (secondary N) is 1. The topological polar surface area (TPSA) is 71.0 Å². The highest BCUT2D eigenvalue weighted by Gasteiger charge is 2.40. The van der Waals surface area contributed by atoms with Gasteiger partial charge in [0.1, 0.15) is 0 Å². The lowest BCUT2D eigenvalue weighted by Gasteiger charge is -2.39. The van der Waals surface area contributed by atoms with Crippen LogP contribution in [0.2, 0.25) is 0 Å². The van der Waals surface area contributed by atoms with E-state index in [-0.39, 0.29) is 5.75 Å². The summed E-state index contributed by atoms with van der Waals surface area (Å²) in [6.07, 6.45) is 0. The van der Waals surface area contributed by atoms with Crippen molar-refractivity contribution in [3.8, 4) is 0 Å². The van der Waals surface area contributed by atoms with Crippen molar-refractivity contribution >= 4 is 15.8 Å². The number of hydrogen-bond donors (Lipinski definition) is 1. The van der Waals surface area contributed by atoms with Crippen molar-refractivity contribution in [3.05, 3.63) is 35.4 Å².